The summed E-state index contributed by atoms with van der Waals surface area (Å²) in [6.45, 7) is 10.2. The second kappa shape index (κ2) is 17.3. The van der Waals surface area contributed by atoms with Crippen molar-refractivity contribution in [1.29, 1.82) is 0 Å². The van der Waals surface area contributed by atoms with E-state index in [1.807, 2.05) is 6.92 Å². The van der Waals surface area contributed by atoms with Crippen molar-refractivity contribution < 1.29 is 33.2 Å². The van der Waals surface area contributed by atoms with Crippen molar-refractivity contribution in [3.8, 4) is 0 Å². The van der Waals surface area contributed by atoms with Gasteiger partial charge in [-0.05, 0) is 6.92 Å². The fourth-order valence-corrected chi connectivity index (χ4v) is 1.73. The molecule has 0 radical (unpaired) electrons. The summed E-state index contributed by atoms with van der Waals surface area (Å²) in [6.07, 6.45) is -0.142. The Morgan fingerprint density at radius 3 is 1.75 bits per heavy atom. The van der Waals surface area contributed by atoms with Gasteiger partial charge in [0.05, 0.1) is 59.5 Å². The number of ether oxygens (including phenoxy) is 7. The van der Waals surface area contributed by atoms with Gasteiger partial charge in [0.2, 0.25) is 0 Å². The van der Waals surface area contributed by atoms with Crippen LogP contribution >= 0.6 is 0 Å². The largest absolute Gasteiger partial charge is 0.382 e. The van der Waals surface area contributed by atoms with Gasteiger partial charge in [-0.1, -0.05) is 12.2 Å². The van der Waals surface area contributed by atoms with E-state index in [1.165, 1.54) is 0 Å². The highest BCUT2D eigenvalue weighted by Gasteiger charge is 2.09. The maximum Gasteiger partial charge on any atom is 0.104 e. The molecule has 2 atom stereocenters. The van der Waals surface area contributed by atoms with Crippen LogP contribution in [-0.4, -0.2) is 93.0 Å². The highest BCUT2D eigenvalue weighted by atomic mass is 16.6. The van der Waals surface area contributed by atoms with Crippen LogP contribution in [0.15, 0.2) is 12.2 Å². The first-order valence-corrected chi connectivity index (χ1v) is 8.13. The minimum absolute atomic E-state index is 0.0461. The summed E-state index contributed by atoms with van der Waals surface area (Å²) in [6, 6.07) is 0. The summed E-state index contributed by atoms with van der Waals surface area (Å²) < 4.78 is 37.4. The molecule has 7 heteroatoms. The Balaban J connectivity index is 3.49. The normalized spacial score (nSPS) is 13.8. The molecule has 0 aliphatic rings. The van der Waals surface area contributed by atoms with Gasteiger partial charge in [0.1, 0.15) is 12.2 Å². The molecule has 0 saturated heterocycles. The number of hydrogen-bond donors (Lipinski definition) is 0. The monoisotopic (exact) mass is 350 g/mol. The van der Waals surface area contributed by atoms with Gasteiger partial charge in [-0.15, -0.1) is 0 Å². The van der Waals surface area contributed by atoms with Gasteiger partial charge in [-0.3, -0.25) is 0 Å². The minimum Gasteiger partial charge on any atom is -0.382 e. The third kappa shape index (κ3) is 15.0. The second-order valence-corrected chi connectivity index (χ2v) is 5.42. The van der Waals surface area contributed by atoms with E-state index < -0.39 is 0 Å². The summed E-state index contributed by atoms with van der Waals surface area (Å²) in [5.74, 6) is 0. The van der Waals surface area contributed by atoms with Crippen molar-refractivity contribution in [1.82, 2.24) is 0 Å². The van der Waals surface area contributed by atoms with E-state index in [0.717, 1.165) is 5.57 Å². The van der Waals surface area contributed by atoms with E-state index in [4.69, 9.17) is 33.2 Å². The smallest absolute Gasteiger partial charge is 0.104 e. The lowest BCUT2D eigenvalue weighted by Gasteiger charge is -2.17. The van der Waals surface area contributed by atoms with E-state index >= 15 is 0 Å². The summed E-state index contributed by atoms with van der Waals surface area (Å²) in [5.41, 5.74) is 0.973. The Labute approximate surface area is 146 Å². The zero-order chi connectivity index (χ0) is 18.0. The molecule has 0 aromatic heterocycles. The van der Waals surface area contributed by atoms with E-state index in [0.29, 0.717) is 59.5 Å². The average molecular weight is 350 g/mol. The van der Waals surface area contributed by atoms with Gasteiger partial charge in [0, 0.05) is 21.3 Å². The quantitative estimate of drug-likeness (QED) is 0.273. The number of hydrogen-bond acceptors (Lipinski definition) is 7. The van der Waals surface area contributed by atoms with Gasteiger partial charge in [-0.2, -0.15) is 0 Å². The van der Waals surface area contributed by atoms with Crippen molar-refractivity contribution >= 4 is 0 Å². The van der Waals surface area contributed by atoms with Crippen LogP contribution in [0.2, 0.25) is 0 Å². The minimum atomic E-state index is -0.0956. The molecule has 24 heavy (non-hydrogen) atoms. The summed E-state index contributed by atoms with van der Waals surface area (Å²) in [5, 5.41) is 0. The summed E-state index contributed by atoms with van der Waals surface area (Å²) in [4.78, 5) is 0. The standard InChI is InChI=1S/C17H34O7/c1-15(2)10-24-17(12-19-4)14-23-9-7-21-6-8-22-13-16(20-5)11-18-3/h16-17H,1,6-14H2,2-5H3. The zero-order valence-corrected chi connectivity index (χ0v) is 15.6. The van der Waals surface area contributed by atoms with E-state index in [2.05, 4.69) is 6.58 Å². The molecule has 0 bridgehead atoms. The summed E-state index contributed by atoms with van der Waals surface area (Å²) >= 11 is 0. The van der Waals surface area contributed by atoms with Gasteiger partial charge >= 0.3 is 0 Å². The van der Waals surface area contributed by atoms with Crippen LogP contribution in [0, 0.1) is 0 Å². The molecule has 0 aromatic rings. The topological polar surface area (TPSA) is 64.6 Å². The van der Waals surface area contributed by atoms with Gasteiger partial charge in [-0.25, -0.2) is 0 Å². The number of methoxy groups -OCH3 is 3. The first-order valence-electron chi connectivity index (χ1n) is 8.13. The van der Waals surface area contributed by atoms with Gasteiger partial charge in [0.15, 0.2) is 0 Å². The van der Waals surface area contributed by atoms with Crippen LogP contribution in [0.1, 0.15) is 6.92 Å². The average Bonchev–Trinajstić information content (AvgIpc) is 2.56. The molecule has 2 unspecified atom stereocenters. The molecule has 7 nitrogen and oxygen atoms in total. The lowest BCUT2D eigenvalue weighted by Crippen LogP contribution is -2.27. The van der Waals surface area contributed by atoms with Crippen LogP contribution in [0.25, 0.3) is 0 Å². The van der Waals surface area contributed by atoms with E-state index in [9.17, 15) is 0 Å². The molecule has 0 aliphatic heterocycles. The molecule has 0 aromatic carbocycles. The van der Waals surface area contributed by atoms with Crippen molar-refractivity contribution in [2.45, 2.75) is 19.1 Å². The van der Waals surface area contributed by atoms with Crippen molar-refractivity contribution in [3.05, 3.63) is 12.2 Å². The van der Waals surface area contributed by atoms with Crippen LogP contribution < -0.4 is 0 Å². The highest BCUT2D eigenvalue weighted by molar-refractivity contribution is 4.87. The van der Waals surface area contributed by atoms with Crippen LogP contribution in [0.3, 0.4) is 0 Å². The van der Waals surface area contributed by atoms with E-state index in [-0.39, 0.29) is 12.2 Å². The zero-order valence-electron chi connectivity index (χ0n) is 15.6. The first kappa shape index (κ1) is 23.5. The molecule has 0 amide bonds. The maximum atomic E-state index is 5.62. The Hall–Kier alpha value is -0.540. The third-order valence-electron chi connectivity index (χ3n) is 2.96. The van der Waals surface area contributed by atoms with Crippen LogP contribution in [0.4, 0.5) is 0 Å². The molecular weight excluding hydrogens is 316 g/mol. The fourth-order valence-electron chi connectivity index (χ4n) is 1.73. The Morgan fingerprint density at radius 2 is 1.25 bits per heavy atom. The third-order valence-corrected chi connectivity index (χ3v) is 2.96. The van der Waals surface area contributed by atoms with Crippen molar-refractivity contribution in [3.63, 3.8) is 0 Å². The Bertz CT molecular complexity index is 286. The van der Waals surface area contributed by atoms with Gasteiger partial charge in [0.25, 0.3) is 0 Å². The molecule has 0 N–H and O–H groups in total. The fraction of sp³-hybridized carbons (Fsp3) is 0.882. The SMILES string of the molecule is C=C(C)COC(COC)COCCOCCOCC(COC)OC. The van der Waals surface area contributed by atoms with Crippen molar-refractivity contribution in [2.75, 3.05) is 80.8 Å². The predicted octanol–water partition coefficient (Wildman–Crippen LogP) is 1.31. The molecule has 144 valence electrons. The van der Waals surface area contributed by atoms with Crippen LogP contribution in [0.5, 0.6) is 0 Å². The molecule has 0 heterocycles. The molecule has 0 aliphatic carbocycles. The Kier molecular flexibility index (Phi) is 16.9. The predicted molar refractivity (Wildman–Crippen MR) is 91.6 cm³/mol. The van der Waals surface area contributed by atoms with Crippen molar-refractivity contribution in [2.24, 2.45) is 0 Å². The number of rotatable bonds is 18. The second-order valence-electron chi connectivity index (χ2n) is 5.42. The molecule has 0 saturated carbocycles. The lowest BCUT2D eigenvalue weighted by molar-refractivity contribution is -0.0616. The summed E-state index contributed by atoms with van der Waals surface area (Å²) in [7, 11) is 4.91. The maximum absolute atomic E-state index is 5.62. The molecular formula is C17H34O7. The molecule has 0 spiro atoms. The van der Waals surface area contributed by atoms with E-state index in [1.54, 1.807) is 21.3 Å². The molecule has 0 rings (SSSR count). The molecule has 0 fully saturated rings. The van der Waals surface area contributed by atoms with Gasteiger partial charge < -0.3 is 33.2 Å². The Morgan fingerprint density at radius 1 is 0.750 bits per heavy atom. The lowest BCUT2D eigenvalue weighted by atomic mass is 10.3. The first-order chi connectivity index (χ1) is 11.6. The highest BCUT2D eigenvalue weighted by Crippen LogP contribution is 1.99. The van der Waals surface area contributed by atoms with Crippen LogP contribution in [-0.2, 0) is 33.2 Å².